The van der Waals surface area contributed by atoms with Crippen molar-refractivity contribution in [3.63, 3.8) is 0 Å². The lowest BCUT2D eigenvalue weighted by atomic mass is 10.1. The third-order valence-electron chi connectivity index (χ3n) is 2.07. The zero-order valence-electron chi connectivity index (χ0n) is 8.54. The molecule has 14 heavy (non-hydrogen) atoms. The lowest BCUT2D eigenvalue weighted by Crippen LogP contribution is -2.40. The Balaban J connectivity index is 4.24. The van der Waals surface area contributed by atoms with Crippen molar-refractivity contribution in [3.05, 3.63) is 0 Å². The van der Waals surface area contributed by atoms with Crippen LogP contribution in [0.25, 0.3) is 0 Å². The van der Waals surface area contributed by atoms with Crippen LogP contribution in [0.1, 0.15) is 20.3 Å². The number of rotatable bonds is 6. The number of alkyl halides is 2. The van der Waals surface area contributed by atoms with Gasteiger partial charge in [0.2, 0.25) is 5.91 Å². The molecule has 0 radical (unpaired) electrons. The van der Waals surface area contributed by atoms with Crippen LogP contribution in [0.4, 0.5) is 8.78 Å². The van der Waals surface area contributed by atoms with E-state index in [4.69, 9.17) is 5.11 Å². The van der Waals surface area contributed by atoms with E-state index in [-0.39, 0.29) is 25.0 Å². The molecule has 0 aliphatic carbocycles. The summed E-state index contributed by atoms with van der Waals surface area (Å²) in [4.78, 5) is 12.5. The van der Waals surface area contributed by atoms with Gasteiger partial charge in [0.05, 0.1) is 13.2 Å². The number of nitrogens with zero attached hydrogens (tertiary/aromatic N) is 1. The molecular formula is C9H17F2NO2. The van der Waals surface area contributed by atoms with Crippen LogP contribution in [-0.2, 0) is 4.79 Å². The number of aliphatic hydroxyl groups is 1. The van der Waals surface area contributed by atoms with Crippen molar-refractivity contribution < 1.29 is 18.7 Å². The Labute approximate surface area is 82.7 Å². The van der Waals surface area contributed by atoms with Crippen molar-refractivity contribution in [1.82, 2.24) is 4.90 Å². The van der Waals surface area contributed by atoms with Crippen LogP contribution in [0.15, 0.2) is 0 Å². The fourth-order valence-corrected chi connectivity index (χ4v) is 1.07. The monoisotopic (exact) mass is 209 g/mol. The largest absolute Gasteiger partial charge is 0.395 e. The Morgan fingerprint density at radius 1 is 1.50 bits per heavy atom. The summed E-state index contributed by atoms with van der Waals surface area (Å²) in [5.41, 5.74) is 0. The second-order valence-corrected chi connectivity index (χ2v) is 3.21. The molecule has 0 saturated heterocycles. The highest BCUT2D eigenvalue weighted by atomic mass is 19.3. The van der Waals surface area contributed by atoms with Gasteiger partial charge in [-0.2, -0.15) is 0 Å². The van der Waals surface area contributed by atoms with E-state index >= 15 is 0 Å². The number of carbonyl (C=O) groups excluding carboxylic acids is 1. The van der Waals surface area contributed by atoms with Gasteiger partial charge in [0.15, 0.2) is 0 Å². The lowest BCUT2D eigenvalue weighted by molar-refractivity contribution is -0.137. The minimum atomic E-state index is -2.55. The van der Waals surface area contributed by atoms with Gasteiger partial charge < -0.3 is 10.0 Å². The van der Waals surface area contributed by atoms with Gasteiger partial charge >= 0.3 is 0 Å². The molecule has 5 heteroatoms. The third kappa shape index (κ3) is 4.50. The van der Waals surface area contributed by atoms with Crippen LogP contribution < -0.4 is 0 Å². The van der Waals surface area contributed by atoms with Gasteiger partial charge in [0, 0.05) is 12.5 Å². The van der Waals surface area contributed by atoms with Gasteiger partial charge in [-0.05, 0) is 6.42 Å². The van der Waals surface area contributed by atoms with E-state index in [1.54, 1.807) is 6.92 Å². The highest BCUT2D eigenvalue weighted by molar-refractivity contribution is 5.78. The molecule has 84 valence electrons. The summed E-state index contributed by atoms with van der Waals surface area (Å²) < 4.78 is 24.1. The molecule has 0 aromatic carbocycles. The van der Waals surface area contributed by atoms with Gasteiger partial charge in [-0.1, -0.05) is 13.8 Å². The van der Waals surface area contributed by atoms with Crippen LogP contribution in [0.2, 0.25) is 0 Å². The standard InChI is InChI=1S/C9H17F2NO2/c1-3-7(2)9(14)12(4-5-13)6-8(10)11/h7-8,13H,3-6H2,1-2H3. The highest BCUT2D eigenvalue weighted by Crippen LogP contribution is 2.08. The maximum absolute atomic E-state index is 12.1. The molecule has 1 amide bonds. The van der Waals surface area contributed by atoms with Crippen molar-refractivity contribution in [2.45, 2.75) is 26.7 Å². The quantitative estimate of drug-likeness (QED) is 0.712. The van der Waals surface area contributed by atoms with Crippen LogP contribution in [0.3, 0.4) is 0 Å². The number of amides is 1. The SMILES string of the molecule is CCC(C)C(=O)N(CCO)CC(F)F. The second kappa shape index (κ2) is 6.70. The summed E-state index contributed by atoms with van der Waals surface area (Å²) in [6, 6.07) is 0. The average Bonchev–Trinajstić information content (AvgIpc) is 2.14. The van der Waals surface area contributed by atoms with E-state index < -0.39 is 13.0 Å². The lowest BCUT2D eigenvalue weighted by Gasteiger charge is -2.24. The maximum Gasteiger partial charge on any atom is 0.255 e. The normalized spacial score (nSPS) is 13.0. The first-order valence-electron chi connectivity index (χ1n) is 4.70. The molecule has 0 rings (SSSR count). The minimum absolute atomic E-state index is 0.0203. The van der Waals surface area contributed by atoms with Gasteiger partial charge in [-0.25, -0.2) is 8.78 Å². The van der Waals surface area contributed by atoms with E-state index in [1.807, 2.05) is 6.92 Å². The molecule has 0 spiro atoms. The first-order chi connectivity index (χ1) is 6.52. The number of carbonyl (C=O) groups is 1. The van der Waals surface area contributed by atoms with Crippen molar-refractivity contribution >= 4 is 5.91 Å². The molecule has 0 aliphatic heterocycles. The van der Waals surface area contributed by atoms with Crippen molar-refractivity contribution in [2.75, 3.05) is 19.7 Å². The predicted molar refractivity (Wildman–Crippen MR) is 49.1 cm³/mol. The molecule has 0 aromatic rings. The minimum Gasteiger partial charge on any atom is -0.395 e. The smallest absolute Gasteiger partial charge is 0.255 e. The number of hydrogen-bond acceptors (Lipinski definition) is 2. The molecule has 0 fully saturated rings. The predicted octanol–water partition coefficient (Wildman–Crippen LogP) is 1.12. The molecular weight excluding hydrogens is 192 g/mol. The molecule has 1 N–H and O–H groups in total. The van der Waals surface area contributed by atoms with Crippen LogP contribution in [0.5, 0.6) is 0 Å². The third-order valence-corrected chi connectivity index (χ3v) is 2.07. The fourth-order valence-electron chi connectivity index (χ4n) is 1.07. The summed E-state index contributed by atoms with van der Waals surface area (Å²) in [6.45, 7) is 2.62. The average molecular weight is 209 g/mol. The topological polar surface area (TPSA) is 40.5 Å². The van der Waals surface area contributed by atoms with Crippen LogP contribution in [-0.4, -0.2) is 42.0 Å². The molecule has 0 saturated carbocycles. The van der Waals surface area contributed by atoms with Gasteiger partial charge in [-0.15, -0.1) is 0 Å². The van der Waals surface area contributed by atoms with E-state index in [2.05, 4.69) is 0 Å². The summed E-state index contributed by atoms with van der Waals surface area (Å²) in [6.07, 6.45) is -1.93. The number of hydrogen-bond donors (Lipinski definition) is 1. The number of halogens is 2. The van der Waals surface area contributed by atoms with Crippen LogP contribution in [0, 0.1) is 5.92 Å². The van der Waals surface area contributed by atoms with Crippen LogP contribution >= 0.6 is 0 Å². The summed E-state index contributed by atoms with van der Waals surface area (Å²) in [5, 5.41) is 8.61. The first-order valence-corrected chi connectivity index (χ1v) is 4.70. The van der Waals surface area contributed by atoms with Gasteiger partial charge in [0.25, 0.3) is 6.43 Å². The number of aliphatic hydroxyl groups excluding tert-OH is 1. The fraction of sp³-hybridized carbons (Fsp3) is 0.889. The zero-order chi connectivity index (χ0) is 11.1. The van der Waals surface area contributed by atoms with Gasteiger partial charge in [-0.3, -0.25) is 4.79 Å². The molecule has 0 aliphatic rings. The summed E-state index contributed by atoms with van der Waals surface area (Å²) >= 11 is 0. The zero-order valence-corrected chi connectivity index (χ0v) is 8.54. The van der Waals surface area contributed by atoms with Crippen molar-refractivity contribution in [2.24, 2.45) is 5.92 Å². The molecule has 0 aromatic heterocycles. The molecule has 0 heterocycles. The first kappa shape index (κ1) is 13.3. The Morgan fingerprint density at radius 2 is 2.07 bits per heavy atom. The van der Waals surface area contributed by atoms with Gasteiger partial charge in [0.1, 0.15) is 0 Å². The molecule has 1 unspecified atom stereocenters. The van der Waals surface area contributed by atoms with E-state index in [9.17, 15) is 13.6 Å². The van der Waals surface area contributed by atoms with E-state index in [0.29, 0.717) is 6.42 Å². The highest BCUT2D eigenvalue weighted by Gasteiger charge is 2.21. The van der Waals surface area contributed by atoms with Crippen molar-refractivity contribution in [3.8, 4) is 0 Å². The van der Waals surface area contributed by atoms with E-state index in [0.717, 1.165) is 4.90 Å². The van der Waals surface area contributed by atoms with E-state index in [1.165, 1.54) is 0 Å². The molecule has 1 atom stereocenters. The Bertz CT molecular complexity index is 176. The Morgan fingerprint density at radius 3 is 2.43 bits per heavy atom. The second-order valence-electron chi connectivity index (χ2n) is 3.21. The summed E-state index contributed by atoms with van der Waals surface area (Å²) in [5.74, 6) is -0.581. The summed E-state index contributed by atoms with van der Waals surface area (Å²) in [7, 11) is 0. The Kier molecular flexibility index (Phi) is 6.36. The maximum atomic E-state index is 12.1. The Hall–Kier alpha value is -0.710. The molecule has 0 bridgehead atoms. The molecule has 3 nitrogen and oxygen atoms in total. The van der Waals surface area contributed by atoms with Crippen molar-refractivity contribution in [1.29, 1.82) is 0 Å².